The number of hydrogen-bond donors (Lipinski definition) is 2. The SMILES string of the molecule is C/N=c1/c(C(=O)N[C@H]2CCc3ccccc32)c[nH]c2c(-c3ccccc3)cnn12. The van der Waals surface area contributed by atoms with Crippen LogP contribution in [-0.4, -0.2) is 27.6 Å². The van der Waals surface area contributed by atoms with E-state index in [-0.39, 0.29) is 11.9 Å². The predicted octanol–water partition coefficient (Wildman–Crippen LogP) is 3.28. The summed E-state index contributed by atoms with van der Waals surface area (Å²) in [6, 6.07) is 18.3. The maximum atomic E-state index is 13.1. The maximum Gasteiger partial charge on any atom is 0.257 e. The van der Waals surface area contributed by atoms with Crippen molar-refractivity contribution in [3.05, 3.63) is 89.2 Å². The van der Waals surface area contributed by atoms with Gasteiger partial charge < -0.3 is 10.3 Å². The average Bonchev–Trinajstić information content (AvgIpc) is 3.38. The lowest BCUT2D eigenvalue weighted by Crippen LogP contribution is -2.34. The van der Waals surface area contributed by atoms with E-state index in [1.165, 1.54) is 11.1 Å². The van der Waals surface area contributed by atoms with Crippen LogP contribution in [0.3, 0.4) is 0 Å². The van der Waals surface area contributed by atoms with Gasteiger partial charge in [0.25, 0.3) is 5.91 Å². The lowest BCUT2D eigenvalue weighted by atomic mass is 10.1. The van der Waals surface area contributed by atoms with Crippen LogP contribution >= 0.6 is 0 Å². The Labute approximate surface area is 167 Å². The number of aromatic amines is 1. The summed E-state index contributed by atoms with van der Waals surface area (Å²) >= 11 is 0. The summed E-state index contributed by atoms with van der Waals surface area (Å²) in [6.45, 7) is 0. The molecule has 0 radical (unpaired) electrons. The lowest BCUT2D eigenvalue weighted by molar-refractivity contribution is 0.0934. The van der Waals surface area contributed by atoms with Gasteiger partial charge in [0.05, 0.1) is 17.8 Å². The highest BCUT2D eigenvalue weighted by atomic mass is 16.1. The molecular formula is C23H21N5O. The number of H-pyrrole nitrogens is 1. The first kappa shape index (κ1) is 17.4. The molecule has 0 saturated heterocycles. The van der Waals surface area contributed by atoms with Crippen molar-refractivity contribution in [3.8, 4) is 11.1 Å². The molecule has 0 aliphatic heterocycles. The Morgan fingerprint density at radius 2 is 1.97 bits per heavy atom. The zero-order valence-electron chi connectivity index (χ0n) is 16.1. The summed E-state index contributed by atoms with van der Waals surface area (Å²) in [6.07, 6.45) is 5.42. The molecule has 1 amide bonds. The quantitative estimate of drug-likeness (QED) is 0.570. The second-order valence-electron chi connectivity index (χ2n) is 7.20. The van der Waals surface area contributed by atoms with Gasteiger partial charge in [0.1, 0.15) is 5.65 Å². The molecule has 144 valence electrons. The van der Waals surface area contributed by atoms with Crippen molar-refractivity contribution in [2.45, 2.75) is 18.9 Å². The van der Waals surface area contributed by atoms with Crippen molar-refractivity contribution in [2.24, 2.45) is 4.99 Å². The first-order valence-corrected chi connectivity index (χ1v) is 9.72. The Bertz CT molecular complexity index is 1270. The fourth-order valence-electron chi connectivity index (χ4n) is 4.12. The van der Waals surface area contributed by atoms with Gasteiger partial charge in [-0.15, -0.1) is 0 Å². The predicted molar refractivity (Wildman–Crippen MR) is 111 cm³/mol. The summed E-state index contributed by atoms with van der Waals surface area (Å²) in [5, 5.41) is 7.66. The zero-order chi connectivity index (χ0) is 19.8. The van der Waals surface area contributed by atoms with Gasteiger partial charge in [0, 0.05) is 18.8 Å². The molecule has 2 aromatic carbocycles. The van der Waals surface area contributed by atoms with E-state index >= 15 is 0 Å². The van der Waals surface area contributed by atoms with Gasteiger partial charge in [-0.05, 0) is 29.5 Å². The molecule has 0 spiro atoms. The minimum Gasteiger partial charge on any atom is -0.345 e. The molecule has 6 heteroatoms. The number of fused-ring (bicyclic) bond motifs is 2. The number of nitrogens with one attached hydrogen (secondary N) is 2. The Hall–Kier alpha value is -3.67. The van der Waals surface area contributed by atoms with E-state index < -0.39 is 0 Å². The van der Waals surface area contributed by atoms with Crippen LogP contribution in [0.25, 0.3) is 16.8 Å². The smallest absolute Gasteiger partial charge is 0.257 e. The topological polar surface area (TPSA) is 74.5 Å². The van der Waals surface area contributed by atoms with E-state index in [0.29, 0.717) is 11.1 Å². The van der Waals surface area contributed by atoms with Gasteiger partial charge in [0.2, 0.25) is 0 Å². The summed E-state index contributed by atoms with van der Waals surface area (Å²) in [5.41, 5.74) is 6.34. The van der Waals surface area contributed by atoms with Gasteiger partial charge in [-0.3, -0.25) is 9.79 Å². The molecule has 0 saturated carbocycles. The fraction of sp³-hybridized carbons (Fsp3) is 0.174. The van der Waals surface area contributed by atoms with Crippen LogP contribution in [0.2, 0.25) is 0 Å². The highest BCUT2D eigenvalue weighted by Gasteiger charge is 2.25. The number of benzene rings is 2. The van der Waals surface area contributed by atoms with E-state index in [1.807, 2.05) is 42.5 Å². The van der Waals surface area contributed by atoms with Crippen LogP contribution in [-0.2, 0) is 6.42 Å². The molecule has 29 heavy (non-hydrogen) atoms. The van der Waals surface area contributed by atoms with Crippen molar-refractivity contribution in [1.82, 2.24) is 19.9 Å². The molecule has 0 fully saturated rings. The van der Waals surface area contributed by atoms with Crippen LogP contribution in [0.1, 0.15) is 33.9 Å². The Morgan fingerprint density at radius 1 is 1.17 bits per heavy atom. The van der Waals surface area contributed by atoms with E-state index in [9.17, 15) is 4.79 Å². The number of nitrogens with zero attached hydrogens (tertiary/aromatic N) is 3. The van der Waals surface area contributed by atoms with Crippen molar-refractivity contribution >= 4 is 11.6 Å². The number of hydrogen-bond acceptors (Lipinski definition) is 3. The number of rotatable bonds is 3. The number of aromatic nitrogens is 3. The molecule has 4 aromatic rings. The number of carbonyl (C=O) groups excluding carboxylic acids is 1. The lowest BCUT2D eigenvalue weighted by Gasteiger charge is -2.14. The monoisotopic (exact) mass is 383 g/mol. The second-order valence-corrected chi connectivity index (χ2v) is 7.20. The zero-order valence-corrected chi connectivity index (χ0v) is 16.1. The van der Waals surface area contributed by atoms with E-state index in [4.69, 9.17) is 0 Å². The van der Waals surface area contributed by atoms with E-state index in [1.54, 1.807) is 24.0 Å². The fourth-order valence-corrected chi connectivity index (χ4v) is 4.12. The van der Waals surface area contributed by atoms with Crippen LogP contribution in [0.4, 0.5) is 0 Å². The minimum atomic E-state index is -0.151. The summed E-state index contributed by atoms with van der Waals surface area (Å²) < 4.78 is 1.69. The Morgan fingerprint density at radius 3 is 2.79 bits per heavy atom. The molecule has 2 aromatic heterocycles. The normalized spacial score (nSPS) is 16.2. The third-order valence-corrected chi connectivity index (χ3v) is 5.54. The van der Waals surface area contributed by atoms with Crippen LogP contribution in [0.5, 0.6) is 0 Å². The first-order chi connectivity index (χ1) is 14.3. The standard InChI is InChI=1S/C23H21N5O/c1-24-21-19(23(29)27-20-12-11-16-9-5-6-10-17(16)20)13-25-22-18(14-26-28(21)22)15-7-3-2-4-8-15/h2-10,13-14,20,25H,11-12H2,1H3,(H,27,29)/b24-21-/t20-/m0/s1. The van der Waals surface area contributed by atoms with Crippen molar-refractivity contribution in [3.63, 3.8) is 0 Å². The minimum absolute atomic E-state index is 0.0246. The first-order valence-electron chi connectivity index (χ1n) is 9.72. The van der Waals surface area contributed by atoms with Gasteiger partial charge in [-0.25, -0.2) is 0 Å². The molecule has 2 heterocycles. The summed E-state index contributed by atoms with van der Waals surface area (Å²) in [7, 11) is 1.68. The van der Waals surface area contributed by atoms with Crippen molar-refractivity contribution in [1.29, 1.82) is 0 Å². The molecular weight excluding hydrogens is 362 g/mol. The van der Waals surface area contributed by atoms with Gasteiger partial charge in [0.15, 0.2) is 5.49 Å². The molecule has 0 bridgehead atoms. The van der Waals surface area contributed by atoms with E-state index in [0.717, 1.165) is 29.6 Å². The Balaban J connectivity index is 1.52. The number of carbonyl (C=O) groups is 1. The van der Waals surface area contributed by atoms with Crippen LogP contribution < -0.4 is 10.8 Å². The number of aryl methyl sites for hydroxylation is 1. The molecule has 2 N–H and O–H groups in total. The van der Waals surface area contributed by atoms with Gasteiger partial charge >= 0.3 is 0 Å². The molecule has 1 aliphatic carbocycles. The highest BCUT2D eigenvalue weighted by molar-refractivity contribution is 5.94. The van der Waals surface area contributed by atoms with Crippen LogP contribution in [0.15, 0.2) is 72.0 Å². The number of amides is 1. The second kappa shape index (κ2) is 7.05. The molecule has 5 rings (SSSR count). The van der Waals surface area contributed by atoms with E-state index in [2.05, 4.69) is 32.5 Å². The third kappa shape index (κ3) is 2.93. The van der Waals surface area contributed by atoms with Gasteiger partial charge in [-0.2, -0.15) is 9.61 Å². The highest BCUT2D eigenvalue weighted by Crippen LogP contribution is 2.30. The summed E-state index contributed by atoms with van der Waals surface area (Å²) in [4.78, 5) is 20.7. The largest absolute Gasteiger partial charge is 0.345 e. The van der Waals surface area contributed by atoms with Crippen molar-refractivity contribution in [2.75, 3.05) is 7.05 Å². The summed E-state index contributed by atoms with van der Waals surface area (Å²) in [5.74, 6) is -0.151. The maximum absolute atomic E-state index is 13.1. The molecule has 1 atom stereocenters. The molecule has 6 nitrogen and oxygen atoms in total. The Kier molecular flexibility index (Phi) is 4.24. The molecule has 1 aliphatic rings. The van der Waals surface area contributed by atoms with Gasteiger partial charge in [-0.1, -0.05) is 54.6 Å². The molecule has 0 unspecified atom stereocenters. The third-order valence-electron chi connectivity index (χ3n) is 5.54. The van der Waals surface area contributed by atoms with Crippen molar-refractivity contribution < 1.29 is 4.79 Å². The van der Waals surface area contributed by atoms with Crippen LogP contribution in [0, 0.1) is 0 Å². The average molecular weight is 383 g/mol.